The largest absolute Gasteiger partial charge is 0.385 e. The van der Waals surface area contributed by atoms with Crippen molar-refractivity contribution in [3.8, 4) is 0 Å². The van der Waals surface area contributed by atoms with Crippen LogP contribution in [0.3, 0.4) is 0 Å². The van der Waals surface area contributed by atoms with Crippen LogP contribution in [-0.4, -0.2) is 6.54 Å². The van der Waals surface area contributed by atoms with Crippen LogP contribution in [0.2, 0.25) is 0 Å². The lowest BCUT2D eigenvalue weighted by molar-refractivity contribution is 0.710. The van der Waals surface area contributed by atoms with E-state index in [1.807, 2.05) is 0 Å². The van der Waals surface area contributed by atoms with Crippen LogP contribution in [0, 0.1) is 6.92 Å². The second-order valence-corrected chi connectivity index (χ2v) is 3.63. The maximum atomic E-state index is 3.83. The first-order chi connectivity index (χ1) is 6.92. The third-order valence-electron chi connectivity index (χ3n) is 2.54. The monoisotopic (exact) mass is 186 g/mol. The lowest BCUT2D eigenvalue weighted by atomic mass is 9.94. The van der Waals surface area contributed by atoms with Crippen LogP contribution >= 0.6 is 0 Å². The third kappa shape index (κ3) is 1.82. The number of hydrogen-bond donors (Lipinski definition) is 1. The quantitative estimate of drug-likeness (QED) is 0.697. The van der Waals surface area contributed by atoms with Gasteiger partial charge in [0, 0.05) is 17.8 Å². The summed E-state index contributed by atoms with van der Waals surface area (Å²) >= 11 is 0. The van der Waals surface area contributed by atoms with Gasteiger partial charge in [0.1, 0.15) is 0 Å². The van der Waals surface area contributed by atoms with Gasteiger partial charge in [-0.15, -0.1) is 0 Å². The summed E-state index contributed by atoms with van der Waals surface area (Å²) in [6.45, 7) is 4.90. The molecule has 1 heteroatoms. The standard InChI is InChI=1S/C13H16N/c1-2-3-6-9-14-13-10-11-7-4-5-8-12(11)13/h4-5,7-8,10,14H,1-3,6,9H2. The highest BCUT2D eigenvalue weighted by atomic mass is 14.9. The molecule has 73 valence electrons. The number of rotatable bonds is 5. The Kier molecular flexibility index (Phi) is 2.87. The molecule has 0 unspecified atom stereocenters. The number of hydrogen-bond acceptors (Lipinski definition) is 1. The molecule has 1 N–H and O–H groups in total. The molecule has 1 aromatic rings. The fraction of sp³-hybridized carbons (Fsp3) is 0.308. The fourth-order valence-electron chi connectivity index (χ4n) is 1.69. The molecular weight excluding hydrogens is 170 g/mol. The van der Waals surface area contributed by atoms with Gasteiger partial charge in [-0.25, -0.2) is 0 Å². The van der Waals surface area contributed by atoms with E-state index in [-0.39, 0.29) is 0 Å². The van der Waals surface area contributed by atoms with E-state index >= 15 is 0 Å². The maximum Gasteiger partial charge on any atom is 0.0426 e. The average molecular weight is 186 g/mol. The lowest BCUT2D eigenvalue weighted by Gasteiger charge is -2.21. The van der Waals surface area contributed by atoms with E-state index in [9.17, 15) is 0 Å². The van der Waals surface area contributed by atoms with E-state index in [1.165, 1.54) is 29.7 Å². The minimum atomic E-state index is 1.04. The number of unbranched alkanes of at least 4 members (excludes halogenated alkanes) is 2. The summed E-state index contributed by atoms with van der Waals surface area (Å²) in [7, 11) is 0. The molecule has 1 aliphatic carbocycles. The molecule has 0 atom stereocenters. The van der Waals surface area contributed by atoms with Crippen LogP contribution in [0.25, 0.3) is 11.8 Å². The van der Waals surface area contributed by atoms with Gasteiger partial charge in [0.25, 0.3) is 0 Å². The van der Waals surface area contributed by atoms with Crippen molar-refractivity contribution in [2.45, 2.75) is 19.3 Å². The zero-order valence-corrected chi connectivity index (χ0v) is 8.42. The smallest absolute Gasteiger partial charge is 0.0426 e. The van der Waals surface area contributed by atoms with Crippen molar-refractivity contribution in [2.24, 2.45) is 0 Å². The highest BCUT2D eigenvalue weighted by molar-refractivity contribution is 5.94. The van der Waals surface area contributed by atoms with E-state index in [2.05, 4.69) is 42.6 Å². The number of fused-ring (bicyclic) bond motifs is 1. The SMILES string of the molecule is [CH2]CCCCNC1=Cc2ccccc21. The molecule has 0 fully saturated rings. The maximum absolute atomic E-state index is 3.83. The minimum Gasteiger partial charge on any atom is -0.385 e. The first-order valence-corrected chi connectivity index (χ1v) is 5.26. The molecule has 0 saturated heterocycles. The van der Waals surface area contributed by atoms with Gasteiger partial charge in [0.15, 0.2) is 0 Å². The molecule has 1 nitrogen and oxygen atoms in total. The molecular formula is C13H16N. The Balaban J connectivity index is 1.81. The highest BCUT2D eigenvalue weighted by Gasteiger charge is 2.13. The van der Waals surface area contributed by atoms with Gasteiger partial charge < -0.3 is 5.32 Å². The molecule has 0 aromatic heterocycles. The first-order valence-electron chi connectivity index (χ1n) is 5.26. The van der Waals surface area contributed by atoms with Crippen molar-refractivity contribution < 1.29 is 0 Å². The zero-order valence-electron chi connectivity index (χ0n) is 8.42. The second kappa shape index (κ2) is 4.32. The molecule has 1 radical (unpaired) electrons. The third-order valence-corrected chi connectivity index (χ3v) is 2.54. The van der Waals surface area contributed by atoms with Gasteiger partial charge in [-0.3, -0.25) is 0 Å². The van der Waals surface area contributed by atoms with Gasteiger partial charge >= 0.3 is 0 Å². The van der Waals surface area contributed by atoms with Crippen molar-refractivity contribution in [1.82, 2.24) is 5.32 Å². The summed E-state index contributed by atoms with van der Waals surface area (Å²) in [6, 6.07) is 8.48. The van der Waals surface area contributed by atoms with Gasteiger partial charge in [0.2, 0.25) is 0 Å². The van der Waals surface area contributed by atoms with Crippen molar-refractivity contribution >= 4 is 11.8 Å². The molecule has 0 spiro atoms. The molecule has 0 aliphatic heterocycles. The highest BCUT2D eigenvalue weighted by Crippen LogP contribution is 2.29. The topological polar surface area (TPSA) is 12.0 Å². The fourth-order valence-corrected chi connectivity index (χ4v) is 1.69. The molecule has 1 aliphatic rings. The number of nitrogens with one attached hydrogen (secondary N) is 1. The predicted octanol–water partition coefficient (Wildman–Crippen LogP) is 3.09. The van der Waals surface area contributed by atoms with E-state index in [0.717, 1.165) is 13.0 Å². The van der Waals surface area contributed by atoms with E-state index in [0.29, 0.717) is 0 Å². The average Bonchev–Trinajstić information content (AvgIpc) is 2.19. The van der Waals surface area contributed by atoms with Gasteiger partial charge in [-0.05, 0) is 18.1 Å². The van der Waals surface area contributed by atoms with E-state index in [1.54, 1.807) is 0 Å². The van der Waals surface area contributed by atoms with Gasteiger partial charge in [-0.2, -0.15) is 0 Å². The summed E-state index contributed by atoms with van der Waals surface area (Å²) in [4.78, 5) is 0. The van der Waals surface area contributed by atoms with E-state index in [4.69, 9.17) is 0 Å². The van der Waals surface area contributed by atoms with Gasteiger partial charge in [0.05, 0.1) is 0 Å². The predicted molar refractivity (Wildman–Crippen MR) is 61.5 cm³/mol. The normalized spacial score (nSPS) is 12.8. The summed E-state index contributed by atoms with van der Waals surface area (Å²) < 4.78 is 0. The first kappa shape index (κ1) is 9.32. The molecule has 2 rings (SSSR count). The van der Waals surface area contributed by atoms with Crippen molar-refractivity contribution in [1.29, 1.82) is 0 Å². The lowest BCUT2D eigenvalue weighted by Crippen LogP contribution is -2.18. The van der Waals surface area contributed by atoms with Crippen molar-refractivity contribution in [3.05, 3.63) is 42.3 Å². The molecule has 0 saturated carbocycles. The summed E-state index contributed by atoms with van der Waals surface area (Å²) in [6.07, 6.45) is 5.67. The Morgan fingerprint density at radius 3 is 2.79 bits per heavy atom. The Labute approximate surface area is 85.8 Å². The van der Waals surface area contributed by atoms with Gasteiger partial charge in [-0.1, -0.05) is 44.0 Å². The van der Waals surface area contributed by atoms with Crippen LogP contribution < -0.4 is 5.32 Å². The molecule has 1 aromatic carbocycles. The molecule has 0 heterocycles. The molecule has 0 bridgehead atoms. The van der Waals surface area contributed by atoms with Crippen LogP contribution in [0.5, 0.6) is 0 Å². The molecule has 14 heavy (non-hydrogen) atoms. The Morgan fingerprint density at radius 1 is 1.14 bits per heavy atom. The van der Waals surface area contributed by atoms with Crippen molar-refractivity contribution in [2.75, 3.05) is 6.54 Å². The summed E-state index contributed by atoms with van der Waals surface area (Å²) in [5.41, 5.74) is 4.01. The van der Waals surface area contributed by atoms with Crippen LogP contribution in [0.1, 0.15) is 30.4 Å². The Bertz CT molecular complexity index is 339. The van der Waals surface area contributed by atoms with Crippen molar-refractivity contribution in [3.63, 3.8) is 0 Å². The molecule has 0 amide bonds. The van der Waals surface area contributed by atoms with Crippen LogP contribution in [0.15, 0.2) is 24.3 Å². The van der Waals surface area contributed by atoms with E-state index < -0.39 is 0 Å². The minimum absolute atomic E-state index is 1.04. The number of benzene rings is 1. The Morgan fingerprint density at radius 2 is 2.00 bits per heavy atom. The van der Waals surface area contributed by atoms with Crippen LogP contribution in [-0.2, 0) is 0 Å². The van der Waals surface area contributed by atoms with Crippen LogP contribution in [0.4, 0.5) is 0 Å². The summed E-state index contributed by atoms with van der Waals surface area (Å²) in [5, 5.41) is 3.44. The summed E-state index contributed by atoms with van der Waals surface area (Å²) in [5.74, 6) is 0. The zero-order chi connectivity index (χ0) is 9.80. The second-order valence-electron chi connectivity index (χ2n) is 3.63. The Hall–Kier alpha value is -1.24.